The van der Waals surface area contributed by atoms with Gasteiger partial charge in [-0.05, 0) is 6.42 Å². The van der Waals surface area contributed by atoms with Gasteiger partial charge in [0, 0.05) is 13.2 Å². The van der Waals surface area contributed by atoms with Crippen LogP contribution in [0.5, 0.6) is 0 Å². The second kappa shape index (κ2) is 14.2. The molecule has 0 bridgehead atoms. The first-order valence-corrected chi connectivity index (χ1v) is 6.88. The van der Waals surface area contributed by atoms with Gasteiger partial charge in [0.2, 0.25) is 5.91 Å². The fourth-order valence-electron chi connectivity index (χ4n) is 1.32. The van der Waals surface area contributed by atoms with Gasteiger partial charge in [0.1, 0.15) is 13.2 Å². The van der Waals surface area contributed by atoms with E-state index in [1.807, 2.05) is 0 Å². The van der Waals surface area contributed by atoms with E-state index in [2.05, 4.69) is 17.0 Å². The van der Waals surface area contributed by atoms with Crippen LogP contribution in [0.1, 0.15) is 26.2 Å². The van der Waals surface area contributed by atoms with Crippen LogP contribution < -0.4 is 5.32 Å². The lowest BCUT2D eigenvalue weighted by Gasteiger charge is -2.07. The van der Waals surface area contributed by atoms with Crippen molar-refractivity contribution in [2.24, 2.45) is 0 Å². The largest absolute Gasteiger partial charge is 0.480 e. The van der Waals surface area contributed by atoms with Gasteiger partial charge in [-0.3, -0.25) is 4.79 Å². The molecular formula is C13H25NO6. The summed E-state index contributed by atoms with van der Waals surface area (Å²) in [5, 5.41) is 10.9. The lowest BCUT2D eigenvalue weighted by Crippen LogP contribution is -2.31. The normalized spacial score (nSPS) is 10.4. The van der Waals surface area contributed by atoms with Crippen LogP contribution >= 0.6 is 0 Å². The van der Waals surface area contributed by atoms with Crippen LogP contribution in [0.4, 0.5) is 0 Å². The van der Waals surface area contributed by atoms with Gasteiger partial charge in [0.25, 0.3) is 0 Å². The van der Waals surface area contributed by atoms with E-state index in [0.29, 0.717) is 26.4 Å². The molecule has 0 aromatic heterocycles. The molecule has 0 atom stereocenters. The lowest BCUT2D eigenvalue weighted by molar-refractivity contribution is -0.143. The molecule has 0 aromatic carbocycles. The molecule has 0 fully saturated rings. The highest BCUT2D eigenvalue weighted by Crippen LogP contribution is 1.93. The highest BCUT2D eigenvalue weighted by atomic mass is 16.5. The Bertz CT molecular complexity index is 259. The van der Waals surface area contributed by atoms with Crippen LogP contribution in [0, 0.1) is 0 Å². The van der Waals surface area contributed by atoms with Crippen LogP contribution in [0.2, 0.25) is 0 Å². The molecule has 0 radical (unpaired) electrons. The Morgan fingerprint density at radius 3 is 2.30 bits per heavy atom. The van der Waals surface area contributed by atoms with Gasteiger partial charge in [-0.15, -0.1) is 0 Å². The number of hydrogen-bond acceptors (Lipinski definition) is 5. The van der Waals surface area contributed by atoms with Gasteiger partial charge in [0.15, 0.2) is 0 Å². The molecule has 0 spiro atoms. The summed E-state index contributed by atoms with van der Waals surface area (Å²) in [6.07, 6.45) is 3.43. The molecule has 0 aromatic rings. The SMILES string of the molecule is CCCCCOCCOCCNC(=O)COCC(=O)O. The molecule has 0 aliphatic heterocycles. The van der Waals surface area contributed by atoms with Gasteiger partial charge >= 0.3 is 5.97 Å². The van der Waals surface area contributed by atoms with Crippen molar-refractivity contribution in [2.75, 3.05) is 46.2 Å². The van der Waals surface area contributed by atoms with Gasteiger partial charge in [-0.1, -0.05) is 19.8 Å². The maximum Gasteiger partial charge on any atom is 0.329 e. The third-order valence-corrected chi connectivity index (χ3v) is 2.29. The number of carboxylic acid groups (broad SMARTS) is 1. The first-order valence-electron chi connectivity index (χ1n) is 6.88. The number of carboxylic acids is 1. The predicted molar refractivity (Wildman–Crippen MR) is 72.6 cm³/mol. The second-order valence-corrected chi connectivity index (χ2v) is 4.17. The molecule has 0 rings (SSSR count). The van der Waals surface area contributed by atoms with Gasteiger partial charge < -0.3 is 24.6 Å². The minimum atomic E-state index is -1.10. The maximum absolute atomic E-state index is 11.2. The van der Waals surface area contributed by atoms with E-state index in [1.54, 1.807) is 0 Å². The Hall–Kier alpha value is -1.18. The Morgan fingerprint density at radius 2 is 1.65 bits per heavy atom. The Labute approximate surface area is 119 Å². The molecule has 0 aliphatic rings. The fraction of sp³-hybridized carbons (Fsp3) is 0.846. The Morgan fingerprint density at radius 1 is 0.950 bits per heavy atom. The molecule has 7 nitrogen and oxygen atoms in total. The van der Waals surface area contributed by atoms with Crippen LogP contribution in [0.3, 0.4) is 0 Å². The van der Waals surface area contributed by atoms with E-state index >= 15 is 0 Å². The molecule has 0 saturated carbocycles. The zero-order valence-electron chi connectivity index (χ0n) is 12.1. The molecule has 0 unspecified atom stereocenters. The predicted octanol–water partition coefficient (Wildman–Crippen LogP) is 0.427. The molecule has 1 amide bonds. The molecule has 2 N–H and O–H groups in total. The first-order chi connectivity index (χ1) is 9.66. The van der Waals surface area contributed by atoms with Crippen molar-refractivity contribution in [1.82, 2.24) is 5.32 Å². The molecular weight excluding hydrogens is 266 g/mol. The van der Waals surface area contributed by atoms with Gasteiger partial charge in [-0.2, -0.15) is 0 Å². The van der Waals surface area contributed by atoms with Crippen molar-refractivity contribution in [3.63, 3.8) is 0 Å². The average Bonchev–Trinajstić information content (AvgIpc) is 2.40. The zero-order chi connectivity index (χ0) is 15.1. The molecule has 118 valence electrons. The van der Waals surface area contributed by atoms with Crippen LogP contribution in [-0.4, -0.2) is 63.2 Å². The van der Waals surface area contributed by atoms with Gasteiger partial charge in [-0.25, -0.2) is 4.79 Å². The number of amides is 1. The minimum Gasteiger partial charge on any atom is -0.480 e. The van der Waals surface area contributed by atoms with Crippen molar-refractivity contribution >= 4 is 11.9 Å². The minimum absolute atomic E-state index is 0.257. The summed E-state index contributed by atoms with van der Waals surface area (Å²) in [4.78, 5) is 21.3. The van der Waals surface area contributed by atoms with Crippen molar-refractivity contribution in [1.29, 1.82) is 0 Å². The zero-order valence-corrected chi connectivity index (χ0v) is 12.1. The third kappa shape index (κ3) is 14.9. The number of carbonyl (C=O) groups excluding carboxylic acids is 1. The van der Waals surface area contributed by atoms with Crippen molar-refractivity contribution in [2.45, 2.75) is 26.2 Å². The number of rotatable bonds is 14. The smallest absolute Gasteiger partial charge is 0.329 e. The standard InChI is InChI=1S/C13H25NO6/c1-2-3-4-6-18-8-9-19-7-5-14-12(15)10-20-11-13(16)17/h2-11H2,1H3,(H,14,15)(H,16,17). The van der Waals surface area contributed by atoms with Crippen molar-refractivity contribution in [3.8, 4) is 0 Å². The second-order valence-electron chi connectivity index (χ2n) is 4.17. The highest BCUT2D eigenvalue weighted by Gasteiger charge is 2.02. The molecule has 7 heteroatoms. The summed E-state index contributed by atoms with van der Waals surface area (Å²) < 4.78 is 15.2. The Kier molecular flexibility index (Phi) is 13.4. The number of unbranched alkanes of at least 4 members (excludes halogenated alkanes) is 2. The molecule has 20 heavy (non-hydrogen) atoms. The molecule has 0 aliphatic carbocycles. The van der Waals surface area contributed by atoms with E-state index in [4.69, 9.17) is 14.6 Å². The summed E-state index contributed by atoms with van der Waals surface area (Å²) >= 11 is 0. The molecule has 0 heterocycles. The summed E-state index contributed by atoms with van der Waals surface area (Å²) in [6, 6.07) is 0. The van der Waals surface area contributed by atoms with Crippen LogP contribution in [0.15, 0.2) is 0 Å². The quantitative estimate of drug-likeness (QED) is 0.451. The topological polar surface area (TPSA) is 94.1 Å². The third-order valence-electron chi connectivity index (χ3n) is 2.29. The molecule has 0 saturated heterocycles. The monoisotopic (exact) mass is 291 g/mol. The lowest BCUT2D eigenvalue weighted by atomic mass is 10.3. The number of nitrogens with one attached hydrogen (secondary N) is 1. The van der Waals surface area contributed by atoms with Crippen LogP contribution in [-0.2, 0) is 23.8 Å². The highest BCUT2D eigenvalue weighted by molar-refractivity contribution is 5.77. The van der Waals surface area contributed by atoms with E-state index in [9.17, 15) is 9.59 Å². The van der Waals surface area contributed by atoms with Gasteiger partial charge in [0.05, 0.1) is 19.8 Å². The van der Waals surface area contributed by atoms with E-state index in [1.165, 1.54) is 12.8 Å². The number of aliphatic carboxylic acids is 1. The number of ether oxygens (including phenoxy) is 3. The number of carbonyl (C=O) groups is 2. The average molecular weight is 291 g/mol. The summed E-state index contributed by atoms with van der Waals surface area (Å²) in [5.74, 6) is -1.45. The summed E-state index contributed by atoms with van der Waals surface area (Å²) in [6.45, 7) is 3.98. The fourth-order valence-corrected chi connectivity index (χ4v) is 1.32. The maximum atomic E-state index is 11.2. The van der Waals surface area contributed by atoms with Crippen molar-refractivity contribution < 1.29 is 28.9 Å². The van der Waals surface area contributed by atoms with E-state index in [0.717, 1.165) is 13.0 Å². The Balaban J connectivity index is 3.15. The van der Waals surface area contributed by atoms with Crippen LogP contribution in [0.25, 0.3) is 0 Å². The number of hydrogen-bond donors (Lipinski definition) is 2. The van der Waals surface area contributed by atoms with E-state index in [-0.39, 0.29) is 12.5 Å². The summed E-state index contributed by atoms with van der Waals surface area (Å²) in [7, 11) is 0. The first kappa shape index (κ1) is 18.8. The summed E-state index contributed by atoms with van der Waals surface area (Å²) in [5.41, 5.74) is 0. The van der Waals surface area contributed by atoms with Crippen molar-refractivity contribution in [3.05, 3.63) is 0 Å². The van der Waals surface area contributed by atoms with E-state index < -0.39 is 12.6 Å².